The van der Waals surface area contributed by atoms with Crippen LogP contribution in [0.25, 0.3) is 22.4 Å². The van der Waals surface area contributed by atoms with Crippen LogP contribution >= 0.6 is 34.5 Å². The zero-order valence-corrected chi connectivity index (χ0v) is 28.4. The molecule has 2 aromatic carbocycles. The van der Waals surface area contributed by atoms with Crippen molar-refractivity contribution in [3.05, 3.63) is 98.0 Å². The van der Waals surface area contributed by atoms with Crippen LogP contribution in [-0.2, 0) is 21.6 Å². The number of carbonyl (C=O) groups is 1. The van der Waals surface area contributed by atoms with Gasteiger partial charge in [0.25, 0.3) is 0 Å². The molecule has 0 bridgehead atoms. The summed E-state index contributed by atoms with van der Waals surface area (Å²) >= 11 is 13.9. The van der Waals surface area contributed by atoms with E-state index in [9.17, 15) is 15.0 Å². The smallest absolute Gasteiger partial charge is 0.550 e. The summed E-state index contributed by atoms with van der Waals surface area (Å²) in [5.41, 5.74) is 4.12. The summed E-state index contributed by atoms with van der Waals surface area (Å²) in [5.74, 6) is -1.04. The summed E-state index contributed by atoms with van der Waals surface area (Å²) in [4.78, 5) is 16.0. The molecule has 5 rings (SSSR count). The minimum Gasteiger partial charge on any atom is -0.550 e. The van der Waals surface area contributed by atoms with E-state index < -0.39 is 11.6 Å². The zero-order valence-electron chi connectivity index (χ0n) is 24.0. The average molecular weight is 633 g/mol. The Kier molecular flexibility index (Phi) is 11.0. The minimum absolute atomic E-state index is 0. The van der Waals surface area contributed by atoms with Crippen molar-refractivity contribution in [2.24, 2.45) is 5.41 Å². The maximum Gasteiger partial charge on any atom is 1.00 e. The van der Waals surface area contributed by atoms with Crippen LogP contribution in [0.3, 0.4) is 0 Å². The number of aryl methyl sites for hydroxylation is 1. The van der Waals surface area contributed by atoms with Gasteiger partial charge in [-0.15, -0.1) is 11.3 Å². The fraction of sp³-hybridized carbons (Fsp3) is 0.333. The standard InChI is InChI=1S/C33H33Cl2NO4S.Na/c1-32(2,39)25-9-4-3-7-22(25)11-14-26(40-20-33(16-17-33)19-28(37)38)23-8-5-6-21(18-23)10-12-24-13-15-27-30(36-24)29(34)31(35)41-27;/h3-10,12-13,15,18,26,39H,11,14,16-17,19-20H2,1-2H3,(H,37,38);/q;+1/p-1/b12-10+;. The van der Waals surface area contributed by atoms with Gasteiger partial charge in [0.2, 0.25) is 0 Å². The van der Waals surface area contributed by atoms with Gasteiger partial charge in [-0.3, -0.25) is 0 Å². The molecule has 1 fully saturated rings. The van der Waals surface area contributed by atoms with Crippen molar-refractivity contribution in [3.63, 3.8) is 0 Å². The summed E-state index contributed by atoms with van der Waals surface area (Å²) < 4.78 is 7.95. The molecule has 0 spiro atoms. The Morgan fingerprint density at radius 3 is 2.62 bits per heavy atom. The fourth-order valence-corrected chi connectivity index (χ4v) is 6.59. The minimum atomic E-state index is -1.04. The number of rotatable bonds is 12. The molecule has 214 valence electrons. The first-order valence-corrected chi connectivity index (χ1v) is 15.3. The molecule has 0 aliphatic heterocycles. The van der Waals surface area contributed by atoms with Gasteiger partial charge < -0.3 is 19.7 Å². The first-order chi connectivity index (χ1) is 19.5. The van der Waals surface area contributed by atoms with Crippen molar-refractivity contribution in [1.29, 1.82) is 0 Å². The number of nitrogens with zero attached hydrogens (tertiary/aromatic N) is 1. The van der Waals surface area contributed by atoms with Gasteiger partial charge in [-0.05, 0) is 97.9 Å². The predicted octanol–water partition coefficient (Wildman–Crippen LogP) is 4.62. The van der Waals surface area contributed by atoms with Crippen LogP contribution in [0, 0.1) is 5.41 Å². The third kappa shape index (κ3) is 8.25. The first kappa shape index (κ1) is 33.2. The van der Waals surface area contributed by atoms with Crippen molar-refractivity contribution in [3.8, 4) is 0 Å². The predicted molar refractivity (Wildman–Crippen MR) is 165 cm³/mol. The third-order valence-electron chi connectivity index (χ3n) is 7.61. The molecule has 42 heavy (non-hydrogen) atoms. The molecule has 4 aromatic rings. The SMILES string of the molecule is CC(C)(O)c1ccccc1CCC(OCC1(CC(=O)[O-])CC1)c1cccc(/C=C/c2ccc3sc(Cl)c(Cl)c3n2)c1.[Na+]. The van der Waals surface area contributed by atoms with Crippen molar-refractivity contribution >= 4 is 62.9 Å². The first-order valence-electron chi connectivity index (χ1n) is 13.7. The summed E-state index contributed by atoms with van der Waals surface area (Å²) in [7, 11) is 0. The molecule has 1 aliphatic rings. The van der Waals surface area contributed by atoms with Crippen LogP contribution in [0.4, 0.5) is 0 Å². The van der Waals surface area contributed by atoms with Gasteiger partial charge >= 0.3 is 29.6 Å². The number of carboxylic acids is 1. The number of ether oxygens (including phenoxy) is 1. The third-order valence-corrected chi connectivity index (χ3v) is 9.54. The number of fused-ring (bicyclic) bond motifs is 1. The van der Waals surface area contributed by atoms with Crippen LogP contribution < -0.4 is 34.7 Å². The Morgan fingerprint density at radius 1 is 1.14 bits per heavy atom. The van der Waals surface area contributed by atoms with Crippen molar-refractivity contribution in [2.75, 3.05) is 6.61 Å². The van der Waals surface area contributed by atoms with E-state index in [1.807, 2.05) is 66.7 Å². The van der Waals surface area contributed by atoms with E-state index in [0.717, 1.165) is 45.5 Å². The van der Waals surface area contributed by atoms with Gasteiger partial charge in [-0.2, -0.15) is 0 Å². The van der Waals surface area contributed by atoms with Gasteiger partial charge in [-0.25, -0.2) is 4.98 Å². The number of aromatic nitrogens is 1. The number of pyridine rings is 1. The second-order valence-corrected chi connectivity index (χ2v) is 13.4. The zero-order chi connectivity index (χ0) is 29.2. The van der Waals surface area contributed by atoms with E-state index in [1.165, 1.54) is 11.3 Å². The van der Waals surface area contributed by atoms with E-state index in [2.05, 4.69) is 11.1 Å². The molecule has 1 atom stereocenters. The van der Waals surface area contributed by atoms with Gasteiger partial charge in [0, 0.05) is 5.97 Å². The summed E-state index contributed by atoms with van der Waals surface area (Å²) in [5, 5.41) is 22.5. The number of carbonyl (C=O) groups excluding carboxylic acids is 1. The van der Waals surface area contributed by atoms with Crippen LogP contribution in [0.1, 0.15) is 73.6 Å². The van der Waals surface area contributed by atoms with Crippen LogP contribution in [0.2, 0.25) is 9.36 Å². The number of hydrogen-bond donors (Lipinski definition) is 1. The number of halogens is 2. The molecular formula is C33H32Cl2NNaO4S. The van der Waals surface area contributed by atoms with E-state index in [0.29, 0.717) is 34.3 Å². The normalized spacial score (nSPS) is 15.1. The molecule has 1 unspecified atom stereocenters. The van der Waals surface area contributed by atoms with Gasteiger partial charge in [0.05, 0.1) is 33.7 Å². The van der Waals surface area contributed by atoms with Crippen molar-refractivity contribution < 1.29 is 49.3 Å². The molecule has 2 aromatic heterocycles. The molecule has 1 N–H and O–H groups in total. The van der Waals surface area contributed by atoms with E-state index >= 15 is 0 Å². The quantitative estimate of drug-likeness (QED) is 0.231. The van der Waals surface area contributed by atoms with Gasteiger partial charge in [0.15, 0.2) is 0 Å². The van der Waals surface area contributed by atoms with E-state index in [-0.39, 0.29) is 47.5 Å². The molecule has 0 amide bonds. The Balaban J connectivity index is 0.00000405. The Bertz CT molecular complexity index is 1590. The van der Waals surface area contributed by atoms with Crippen LogP contribution in [-0.4, -0.2) is 22.7 Å². The Morgan fingerprint density at radius 2 is 1.90 bits per heavy atom. The molecule has 1 aliphatic carbocycles. The topological polar surface area (TPSA) is 82.5 Å². The Labute approximate surface area is 282 Å². The monoisotopic (exact) mass is 631 g/mol. The maximum absolute atomic E-state index is 11.3. The van der Waals surface area contributed by atoms with Crippen molar-refractivity contribution in [2.45, 2.75) is 57.7 Å². The summed E-state index contributed by atoms with van der Waals surface area (Å²) in [6.45, 7) is 3.95. The molecule has 2 heterocycles. The summed E-state index contributed by atoms with van der Waals surface area (Å²) in [6, 6.07) is 20.0. The molecule has 1 saturated carbocycles. The molecule has 0 saturated heterocycles. The number of aliphatic hydroxyl groups is 1. The number of benzene rings is 2. The molecule has 5 nitrogen and oxygen atoms in total. The average Bonchev–Trinajstić information content (AvgIpc) is 3.63. The van der Waals surface area contributed by atoms with E-state index in [4.69, 9.17) is 27.9 Å². The van der Waals surface area contributed by atoms with Crippen LogP contribution in [0.15, 0.2) is 60.7 Å². The molecule has 9 heteroatoms. The summed E-state index contributed by atoms with van der Waals surface area (Å²) in [6.07, 6.45) is 6.74. The number of aliphatic carboxylic acids is 1. The van der Waals surface area contributed by atoms with Gasteiger partial charge in [0.1, 0.15) is 9.85 Å². The number of hydrogen-bond acceptors (Lipinski definition) is 6. The second kappa shape index (κ2) is 13.9. The Hall–Kier alpha value is -1.74. The van der Waals surface area contributed by atoms with E-state index in [1.54, 1.807) is 13.8 Å². The fourth-order valence-electron chi connectivity index (χ4n) is 5.17. The molecular weight excluding hydrogens is 600 g/mol. The number of thiophene rings is 1. The van der Waals surface area contributed by atoms with Crippen LogP contribution in [0.5, 0.6) is 0 Å². The number of carboxylic acid groups (broad SMARTS) is 1. The maximum atomic E-state index is 11.3. The second-order valence-electron chi connectivity index (χ2n) is 11.4. The van der Waals surface area contributed by atoms with Gasteiger partial charge in [-0.1, -0.05) is 71.7 Å². The largest absolute Gasteiger partial charge is 1.00 e. The van der Waals surface area contributed by atoms with Crippen molar-refractivity contribution in [1.82, 2.24) is 4.98 Å². The molecule has 0 radical (unpaired) electrons.